The van der Waals surface area contributed by atoms with Gasteiger partial charge in [-0.15, -0.1) is 0 Å². The minimum atomic E-state index is 0.183. The molecule has 0 heterocycles. The Morgan fingerprint density at radius 1 is 1.12 bits per heavy atom. The van der Waals surface area contributed by atoms with Crippen LogP contribution in [0.5, 0.6) is 0 Å². The number of para-hydroxylation sites is 1. The van der Waals surface area contributed by atoms with Crippen LogP contribution in [0.25, 0.3) is 0 Å². The van der Waals surface area contributed by atoms with Crippen LogP contribution < -0.4 is 5.32 Å². The lowest BCUT2D eigenvalue weighted by Gasteiger charge is -2.17. The predicted octanol–water partition coefficient (Wildman–Crippen LogP) is 2.84. The molecular formula is C14H15NO. The minimum absolute atomic E-state index is 0.183. The van der Waals surface area contributed by atoms with Gasteiger partial charge in [0.15, 0.2) is 0 Å². The molecule has 1 aromatic rings. The van der Waals surface area contributed by atoms with Crippen LogP contribution in [0.4, 0.5) is 5.69 Å². The van der Waals surface area contributed by atoms with Crippen molar-refractivity contribution in [1.82, 2.24) is 0 Å². The largest absolute Gasteiger partial charge is 0.326 e. The standard InChI is InChI=1S/C14H15NO/c16-14(15-12-4-2-1-3-5-12)13-9-10-6-7-11(13)8-10/h1-7,10-11,13H,8-9H2,(H,15,16)/t10-,11+,13+/m1/s1. The van der Waals surface area contributed by atoms with E-state index in [0.29, 0.717) is 11.8 Å². The van der Waals surface area contributed by atoms with Crippen molar-refractivity contribution in [3.8, 4) is 0 Å². The Morgan fingerprint density at radius 2 is 1.94 bits per heavy atom. The molecule has 1 aromatic carbocycles. The van der Waals surface area contributed by atoms with E-state index in [1.54, 1.807) is 0 Å². The van der Waals surface area contributed by atoms with Gasteiger partial charge >= 0.3 is 0 Å². The molecule has 0 aromatic heterocycles. The minimum Gasteiger partial charge on any atom is -0.326 e. The fraction of sp³-hybridized carbons (Fsp3) is 0.357. The molecule has 82 valence electrons. The predicted molar refractivity (Wildman–Crippen MR) is 63.9 cm³/mol. The highest BCUT2D eigenvalue weighted by Gasteiger charge is 2.39. The molecule has 16 heavy (non-hydrogen) atoms. The van der Waals surface area contributed by atoms with Gasteiger partial charge in [0.1, 0.15) is 0 Å². The summed E-state index contributed by atoms with van der Waals surface area (Å²) < 4.78 is 0. The van der Waals surface area contributed by atoms with Gasteiger partial charge in [0, 0.05) is 11.6 Å². The third-order valence-corrected chi connectivity index (χ3v) is 3.66. The Labute approximate surface area is 95.4 Å². The highest BCUT2D eigenvalue weighted by atomic mass is 16.1. The molecule has 3 rings (SSSR count). The Kier molecular flexibility index (Phi) is 2.28. The van der Waals surface area contributed by atoms with E-state index >= 15 is 0 Å². The number of benzene rings is 1. The Hall–Kier alpha value is -1.57. The van der Waals surface area contributed by atoms with Crippen molar-refractivity contribution < 1.29 is 4.79 Å². The summed E-state index contributed by atoms with van der Waals surface area (Å²) >= 11 is 0. The van der Waals surface area contributed by atoms with Crippen molar-refractivity contribution in [1.29, 1.82) is 0 Å². The van der Waals surface area contributed by atoms with Gasteiger partial charge in [0.05, 0.1) is 0 Å². The molecule has 3 atom stereocenters. The van der Waals surface area contributed by atoms with Gasteiger partial charge in [-0.2, -0.15) is 0 Å². The van der Waals surface area contributed by atoms with Crippen LogP contribution in [0.15, 0.2) is 42.5 Å². The number of carbonyl (C=O) groups is 1. The van der Waals surface area contributed by atoms with E-state index in [4.69, 9.17) is 0 Å². The maximum atomic E-state index is 12.1. The number of amides is 1. The highest BCUT2D eigenvalue weighted by molar-refractivity contribution is 5.93. The Balaban J connectivity index is 1.69. The second-order valence-corrected chi connectivity index (χ2v) is 4.74. The highest BCUT2D eigenvalue weighted by Crippen LogP contribution is 2.43. The van der Waals surface area contributed by atoms with Crippen LogP contribution >= 0.6 is 0 Å². The van der Waals surface area contributed by atoms with Crippen LogP contribution in [0.3, 0.4) is 0 Å². The summed E-state index contributed by atoms with van der Waals surface area (Å²) in [6, 6.07) is 9.70. The molecule has 1 N–H and O–H groups in total. The summed E-state index contributed by atoms with van der Waals surface area (Å²) in [5.74, 6) is 1.50. The molecule has 2 bridgehead atoms. The lowest BCUT2D eigenvalue weighted by atomic mass is 9.93. The van der Waals surface area contributed by atoms with E-state index in [1.807, 2.05) is 30.3 Å². The summed E-state index contributed by atoms with van der Waals surface area (Å²) in [5, 5.41) is 3.00. The lowest BCUT2D eigenvalue weighted by Crippen LogP contribution is -2.25. The van der Waals surface area contributed by atoms with Crippen molar-refractivity contribution in [3.05, 3.63) is 42.5 Å². The van der Waals surface area contributed by atoms with Gasteiger partial charge in [0.25, 0.3) is 0 Å². The first kappa shape index (κ1) is 9.64. The van der Waals surface area contributed by atoms with Gasteiger partial charge in [0.2, 0.25) is 5.91 Å². The van der Waals surface area contributed by atoms with Crippen LogP contribution in [0.1, 0.15) is 12.8 Å². The normalized spacial score (nSPS) is 30.6. The monoisotopic (exact) mass is 213 g/mol. The van der Waals surface area contributed by atoms with Gasteiger partial charge in [-0.25, -0.2) is 0 Å². The molecule has 2 heteroatoms. The zero-order valence-corrected chi connectivity index (χ0v) is 9.10. The lowest BCUT2D eigenvalue weighted by molar-refractivity contribution is -0.120. The summed E-state index contributed by atoms with van der Waals surface area (Å²) in [6.07, 6.45) is 6.67. The van der Waals surface area contributed by atoms with Crippen molar-refractivity contribution in [2.45, 2.75) is 12.8 Å². The van der Waals surface area contributed by atoms with Crippen LogP contribution in [-0.4, -0.2) is 5.91 Å². The number of hydrogen-bond acceptors (Lipinski definition) is 1. The van der Waals surface area contributed by atoms with Crippen LogP contribution in [0, 0.1) is 17.8 Å². The number of nitrogens with one attached hydrogen (secondary N) is 1. The van der Waals surface area contributed by atoms with Crippen molar-refractivity contribution in [3.63, 3.8) is 0 Å². The van der Waals surface area contributed by atoms with Crippen molar-refractivity contribution in [2.24, 2.45) is 17.8 Å². The van der Waals surface area contributed by atoms with Gasteiger partial charge in [-0.05, 0) is 36.8 Å². The van der Waals surface area contributed by atoms with E-state index in [9.17, 15) is 4.79 Å². The van der Waals surface area contributed by atoms with E-state index in [1.165, 1.54) is 6.42 Å². The van der Waals surface area contributed by atoms with Gasteiger partial charge in [-0.3, -0.25) is 4.79 Å². The summed E-state index contributed by atoms with van der Waals surface area (Å²) in [7, 11) is 0. The molecule has 1 fully saturated rings. The van der Waals surface area contributed by atoms with Crippen LogP contribution in [-0.2, 0) is 4.79 Å². The molecule has 2 aliphatic carbocycles. The number of allylic oxidation sites excluding steroid dienone is 2. The molecule has 2 nitrogen and oxygen atoms in total. The maximum Gasteiger partial charge on any atom is 0.228 e. The second-order valence-electron chi connectivity index (χ2n) is 4.74. The Morgan fingerprint density at radius 3 is 2.56 bits per heavy atom. The molecule has 0 radical (unpaired) electrons. The second kappa shape index (κ2) is 3.78. The average Bonchev–Trinajstić information content (AvgIpc) is 2.92. The fourth-order valence-corrected chi connectivity index (χ4v) is 2.84. The van der Waals surface area contributed by atoms with E-state index in [-0.39, 0.29) is 11.8 Å². The average molecular weight is 213 g/mol. The summed E-state index contributed by atoms with van der Waals surface area (Å²) in [5.41, 5.74) is 0.902. The van der Waals surface area contributed by atoms with Gasteiger partial charge < -0.3 is 5.32 Å². The first-order valence-electron chi connectivity index (χ1n) is 5.87. The maximum absolute atomic E-state index is 12.1. The molecule has 1 saturated carbocycles. The summed E-state index contributed by atoms with van der Waals surface area (Å²) in [6.45, 7) is 0. The molecule has 0 aliphatic heterocycles. The molecule has 0 spiro atoms. The number of anilines is 1. The first-order valence-corrected chi connectivity index (χ1v) is 5.87. The van der Waals surface area contributed by atoms with Gasteiger partial charge in [-0.1, -0.05) is 30.4 Å². The number of fused-ring (bicyclic) bond motifs is 2. The van der Waals surface area contributed by atoms with Crippen LogP contribution in [0.2, 0.25) is 0 Å². The van der Waals surface area contributed by atoms with E-state index in [2.05, 4.69) is 17.5 Å². The fourth-order valence-electron chi connectivity index (χ4n) is 2.84. The molecule has 0 unspecified atom stereocenters. The quantitative estimate of drug-likeness (QED) is 0.752. The molecule has 2 aliphatic rings. The van der Waals surface area contributed by atoms with E-state index < -0.39 is 0 Å². The Bertz CT molecular complexity index is 424. The summed E-state index contributed by atoms with van der Waals surface area (Å²) in [4.78, 5) is 12.1. The smallest absolute Gasteiger partial charge is 0.228 e. The zero-order chi connectivity index (χ0) is 11.0. The van der Waals surface area contributed by atoms with E-state index in [0.717, 1.165) is 12.1 Å². The topological polar surface area (TPSA) is 29.1 Å². The SMILES string of the molecule is O=C(Nc1ccccc1)[C@H]1C[C@@H]2C=C[C@H]1C2. The number of rotatable bonds is 2. The van der Waals surface area contributed by atoms with Crippen molar-refractivity contribution >= 4 is 11.6 Å². The molecular weight excluding hydrogens is 198 g/mol. The molecule has 1 amide bonds. The molecule has 0 saturated heterocycles. The number of carbonyl (C=O) groups excluding carboxylic acids is 1. The number of hydrogen-bond donors (Lipinski definition) is 1. The third-order valence-electron chi connectivity index (χ3n) is 3.66. The third kappa shape index (κ3) is 1.64. The van der Waals surface area contributed by atoms with Crippen molar-refractivity contribution in [2.75, 3.05) is 5.32 Å². The first-order chi connectivity index (χ1) is 7.83. The zero-order valence-electron chi connectivity index (χ0n) is 9.10.